The molecule has 3 rings (SSSR count). The topological polar surface area (TPSA) is 164 Å². The number of aromatic nitrogens is 2. The first-order valence-corrected chi connectivity index (χ1v) is 13.0. The predicted molar refractivity (Wildman–Crippen MR) is 127 cm³/mol. The number of para-hydroxylation sites is 1. The Bertz CT molecular complexity index is 1260. The number of alkyl halides is 4. The summed E-state index contributed by atoms with van der Waals surface area (Å²) < 4.78 is 92.3. The Kier molecular flexibility index (Phi) is 9.07. The molecule has 1 saturated heterocycles. The molecule has 216 valence electrons. The van der Waals surface area contributed by atoms with E-state index in [4.69, 9.17) is 24.3 Å². The minimum atomic E-state index is -5.52. The monoisotopic (exact) mass is 582 g/mol. The van der Waals surface area contributed by atoms with E-state index in [1.54, 1.807) is 19.9 Å². The second kappa shape index (κ2) is 11.6. The number of esters is 1. The van der Waals surface area contributed by atoms with Crippen molar-refractivity contribution in [3.63, 3.8) is 0 Å². The van der Waals surface area contributed by atoms with Gasteiger partial charge in [0, 0.05) is 6.20 Å². The molecule has 17 heteroatoms. The first-order valence-electron chi connectivity index (χ1n) is 11.5. The molecular weight excluding hydrogens is 555 g/mol. The molecule has 1 aromatic carbocycles. The first-order chi connectivity index (χ1) is 18.1. The Morgan fingerprint density at radius 1 is 1.28 bits per heavy atom. The number of halogens is 4. The molecule has 1 fully saturated rings. The zero-order valence-electron chi connectivity index (χ0n) is 20.9. The standard InChI is InChI=1S/C22H27F4N4O8P/c1-12(2)36-19(32)13(3)29-39(34,38-14-7-5-4-6-8-14)35-11-21(22(24,25)26)17(31)16(23)18(37-21)30-10-9-15(27)28-20(30)33/h4-10,12-13,16-18,31H,11H2,1-3H3,(H,29,34)(H2,27,28,33)/t13-,16-,17-,18+,21+,39?/m0/s1. The van der Waals surface area contributed by atoms with Gasteiger partial charge in [0.15, 0.2) is 12.4 Å². The van der Waals surface area contributed by atoms with Crippen LogP contribution in [-0.2, 0) is 23.4 Å². The van der Waals surface area contributed by atoms with Crippen molar-refractivity contribution in [3.05, 3.63) is 53.1 Å². The number of nitrogens with two attached hydrogens (primary N) is 1. The van der Waals surface area contributed by atoms with Crippen LogP contribution < -0.4 is 21.0 Å². The molecule has 0 aliphatic carbocycles. The number of hydrogen-bond donors (Lipinski definition) is 3. The number of benzene rings is 1. The summed E-state index contributed by atoms with van der Waals surface area (Å²) in [6, 6.07) is 6.73. The van der Waals surface area contributed by atoms with Crippen molar-refractivity contribution in [2.45, 2.75) is 63.2 Å². The van der Waals surface area contributed by atoms with E-state index < -0.39 is 68.4 Å². The van der Waals surface area contributed by atoms with E-state index >= 15 is 4.39 Å². The maximum atomic E-state index is 15.1. The molecule has 0 amide bonds. The summed E-state index contributed by atoms with van der Waals surface area (Å²) in [4.78, 5) is 27.7. The van der Waals surface area contributed by atoms with Crippen LogP contribution in [0.15, 0.2) is 47.4 Å². The molecule has 0 bridgehead atoms. The normalized spacial score (nSPS) is 25.7. The van der Waals surface area contributed by atoms with Crippen LogP contribution in [0.3, 0.4) is 0 Å². The van der Waals surface area contributed by atoms with Crippen molar-refractivity contribution >= 4 is 19.5 Å². The van der Waals surface area contributed by atoms with Gasteiger partial charge in [-0.25, -0.2) is 13.8 Å². The van der Waals surface area contributed by atoms with Crippen LogP contribution in [0.2, 0.25) is 0 Å². The Morgan fingerprint density at radius 3 is 2.49 bits per heavy atom. The quantitative estimate of drug-likeness (QED) is 0.214. The van der Waals surface area contributed by atoms with Gasteiger partial charge in [-0.2, -0.15) is 23.2 Å². The summed E-state index contributed by atoms with van der Waals surface area (Å²) in [5.74, 6) is -1.33. The van der Waals surface area contributed by atoms with E-state index in [0.29, 0.717) is 4.57 Å². The number of nitrogens with one attached hydrogen (secondary N) is 1. The van der Waals surface area contributed by atoms with Gasteiger partial charge in [-0.05, 0) is 39.0 Å². The zero-order chi connectivity index (χ0) is 29.2. The van der Waals surface area contributed by atoms with Gasteiger partial charge in [0.05, 0.1) is 12.7 Å². The first kappa shape index (κ1) is 30.5. The van der Waals surface area contributed by atoms with Crippen LogP contribution in [-0.4, -0.2) is 63.4 Å². The molecule has 0 radical (unpaired) electrons. The molecule has 0 spiro atoms. The largest absolute Gasteiger partial charge is 0.462 e. The van der Waals surface area contributed by atoms with Crippen LogP contribution in [0.1, 0.15) is 27.0 Å². The van der Waals surface area contributed by atoms with E-state index in [2.05, 4.69) is 10.1 Å². The molecular formula is C22H27F4N4O8P. The summed E-state index contributed by atoms with van der Waals surface area (Å²) in [5.41, 5.74) is 0.297. The van der Waals surface area contributed by atoms with Gasteiger partial charge >= 0.3 is 25.6 Å². The molecule has 1 aliphatic heterocycles. The number of carbonyl (C=O) groups excluding carboxylic acids is 1. The number of hydrogen-bond acceptors (Lipinski definition) is 10. The molecule has 2 heterocycles. The third kappa shape index (κ3) is 6.76. The van der Waals surface area contributed by atoms with E-state index in [-0.39, 0.29) is 11.6 Å². The number of nitrogens with zero attached hydrogens (tertiary/aromatic N) is 2. The number of carbonyl (C=O) groups is 1. The highest BCUT2D eigenvalue weighted by Gasteiger charge is 2.70. The lowest BCUT2D eigenvalue weighted by molar-refractivity contribution is -0.304. The molecule has 4 N–H and O–H groups in total. The maximum absolute atomic E-state index is 15.1. The summed E-state index contributed by atoms with van der Waals surface area (Å²) in [6.07, 6.45) is -13.3. The lowest BCUT2D eigenvalue weighted by Gasteiger charge is -2.34. The van der Waals surface area contributed by atoms with Crippen LogP contribution >= 0.6 is 7.75 Å². The van der Waals surface area contributed by atoms with Crippen molar-refractivity contribution in [3.8, 4) is 5.75 Å². The van der Waals surface area contributed by atoms with Crippen molar-refractivity contribution in [1.82, 2.24) is 14.6 Å². The number of nitrogen functional groups attached to an aromatic ring is 1. The smallest absolute Gasteiger partial charge is 0.459 e. The molecule has 6 atom stereocenters. The van der Waals surface area contributed by atoms with Gasteiger partial charge < -0.3 is 24.8 Å². The SMILES string of the molecule is CC(C)OC(=O)[C@H](C)NP(=O)(OC[C@@]1(C(F)(F)F)O[C@@H](n2ccc(N)nc2=O)[C@@H](F)[C@@H]1O)Oc1ccccc1. The second-order valence-corrected chi connectivity index (χ2v) is 10.5. The van der Waals surface area contributed by atoms with Crippen LogP contribution in [0.25, 0.3) is 0 Å². The highest BCUT2D eigenvalue weighted by atomic mass is 31.2. The highest BCUT2D eigenvalue weighted by Crippen LogP contribution is 2.52. The molecule has 12 nitrogen and oxygen atoms in total. The van der Waals surface area contributed by atoms with Crippen molar-refractivity contribution in [2.75, 3.05) is 12.3 Å². The minimum absolute atomic E-state index is 0.118. The van der Waals surface area contributed by atoms with Gasteiger partial charge in [0.2, 0.25) is 5.60 Å². The maximum Gasteiger partial charge on any atom is 0.459 e. The number of rotatable bonds is 10. The lowest BCUT2D eigenvalue weighted by atomic mass is 9.96. The van der Waals surface area contributed by atoms with Crippen LogP contribution in [0.4, 0.5) is 23.4 Å². The molecule has 1 unspecified atom stereocenters. The average molecular weight is 582 g/mol. The van der Waals surface area contributed by atoms with Crippen molar-refractivity contribution in [2.24, 2.45) is 0 Å². The molecule has 1 aromatic heterocycles. The van der Waals surface area contributed by atoms with Crippen LogP contribution in [0.5, 0.6) is 5.75 Å². The lowest BCUT2D eigenvalue weighted by Crippen LogP contribution is -2.57. The van der Waals surface area contributed by atoms with E-state index in [1.807, 2.05) is 0 Å². The summed E-state index contributed by atoms with van der Waals surface area (Å²) in [7, 11) is -4.88. The summed E-state index contributed by atoms with van der Waals surface area (Å²) in [6.45, 7) is 2.51. The van der Waals surface area contributed by atoms with Gasteiger partial charge in [-0.15, -0.1) is 0 Å². The Balaban J connectivity index is 1.95. The van der Waals surface area contributed by atoms with E-state index in [0.717, 1.165) is 12.3 Å². The molecule has 0 saturated carbocycles. The van der Waals surface area contributed by atoms with Gasteiger partial charge in [0.1, 0.15) is 23.7 Å². The molecule has 1 aliphatic rings. The van der Waals surface area contributed by atoms with E-state index in [1.165, 1.54) is 31.2 Å². The Morgan fingerprint density at radius 2 is 1.92 bits per heavy atom. The van der Waals surface area contributed by atoms with Gasteiger partial charge in [-0.3, -0.25) is 13.9 Å². The zero-order valence-corrected chi connectivity index (χ0v) is 21.8. The fourth-order valence-corrected chi connectivity index (χ4v) is 5.06. The Hall–Kier alpha value is -3.04. The van der Waals surface area contributed by atoms with Crippen molar-refractivity contribution < 1.29 is 50.5 Å². The summed E-state index contributed by atoms with van der Waals surface area (Å²) in [5, 5.41) is 12.6. The number of aliphatic hydroxyl groups is 1. The van der Waals surface area contributed by atoms with Crippen molar-refractivity contribution in [1.29, 1.82) is 0 Å². The second-order valence-electron chi connectivity index (χ2n) is 8.84. The molecule has 2 aromatic rings. The number of ether oxygens (including phenoxy) is 2. The predicted octanol–water partition coefficient (Wildman–Crippen LogP) is 2.49. The van der Waals surface area contributed by atoms with Crippen LogP contribution in [0, 0.1) is 0 Å². The third-order valence-corrected chi connectivity index (χ3v) is 7.09. The fourth-order valence-electron chi connectivity index (χ4n) is 3.54. The number of anilines is 1. The Labute approximate surface area is 219 Å². The van der Waals surface area contributed by atoms with E-state index in [9.17, 15) is 32.4 Å². The number of aliphatic hydroxyl groups excluding tert-OH is 1. The average Bonchev–Trinajstić information content (AvgIpc) is 3.09. The summed E-state index contributed by atoms with van der Waals surface area (Å²) >= 11 is 0. The molecule has 39 heavy (non-hydrogen) atoms. The fraction of sp³-hybridized carbons (Fsp3) is 0.500. The minimum Gasteiger partial charge on any atom is -0.462 e. The third-order valence-electron chi connectivity index (χ3n) is 5.46. The van der Waals surface area contributed by atoms with Gasteiger partial charge in [0.25, 0.3) is 0 Å². The van der Waals surface area contributed by atoms with Gasteiger partial charge in [-0.1, -0.05) is 18.2 Å². The highest BCUT2D eigenvalue weighted by molar-refractivity contribution is 7.52.